The molecule has 0 aromatic heterocycles. The maximum Gasteiger partial charge on any atom is 0.119 e. The average Bonchev–Trinajstić information content (AvgIpc) is 2.27. The minimum atomic E-state index is 0.201. The minimum Gasteiger partial charge on any atom is -0.491 e. The lowest BCUT2D eigenvalue weighted by atomic mass is 9.87. The number of ether oxygens (including phenoxy) is 1. The Labute approximate surface area is 105 Å². The van der Waals surface area contributed by atoms with Crippen LogP contribution in [-0.4, -0.2) is 12.1 Å². The van der Waals surface area contributed by atoms with Crippen LogP contribution in [0, 0.1) is 5.92 Å². The highest BCUT2D eigenvalue weighted by molar-refractivity contribution is 5.30. The maximum atomic E-state index is 6.18. The van der Waals surface area contributed by atoms with E-state index in [1.807, 2.05) is 26.0 Å². The van der Waals surface area contributed by atoms with Gasteiger partial charge in [0.2, 0.25) is 0 Å². The predicted octanol–water partition coefficient (Wildman–Crippen LogP) is 3.56. The van der Waals surface area contributed by atoms with Crippen molar-refractivity contribution in [2.24, 2.45) is 11.7 Å². The fourth-order valence-corrected chi connectivity index (χ4v) is 1.92. The van der Waals surface area contributed by atoms with Crippen LogP contribution in [0.1, 0.15) is 46.1 Å². The average molecular weight is 235 g/mol. The first-order valence-electron chi connectivity index (χ1n) is 6.44. The van der Waals surface area contributed by atoms with Crippen molar-refractivity contribution in [3.63, 3.8) is 0 Å². The normalized spacial score (nSPS) is 15.1. The molecule has 0 aliphatic carbocycles. The Morgan fingerprint density at radius 1 is 0.941 bits per heavy atom. The predicted molar refractivity (Wildman–Crippen MR) is 73.4 cm³/mol. The molecule has 2 N–H and O–H groups in total. The van der Waals surface area contributed by atoms with E-state index in [9.17, 15) is 0 Å². The molecule has 0 radical (unpaired) electrons. The lowest BCUT2D eigenvalue weighted by Gasteiger charge is -2.24. The van der Waals surface area contributed by atoms with Crippen LogP contribution in [0.15, 0.2) is 24.3 Å². The van der Waals surface area contributed by atoms with Gasteiger partial charge in [0.25, 0.3) is 0 Å². The molecule has 2 heteroatoms. The first-order chi connectivity index (χ1) is 7.91. The summed E-state index contributed by atoms with van der Waals surface area (Å²) < 4.78 is 5.63. The summed E-state index contributed by atoms with van der Waals surface area (Å²) in [5.41, 5.74) is 7.46. The largest absolute Gasteiger partial charge is 0.491 e. The van der Waals surface area contributed by atoms with Crippen LogP contribution < -0.4 is 10.5 Å². The molecule has 2 unspecified atom stereocenters. The van der Waals surface area contributed by atoms with E-state index < -0.39 is 0 Å². The first-order valence-corrected chi connectivity index (χ1v) is 6.44. The van der Waals surface area contributed by atoms with Crippen LogP contribution in [0.2, 0.25) is 0 Å². The Hall–Kier alpha value is -1.02. The van der Waals surface area contributed by atoms with E-state index in [1.165, 1.54) is 5.56 Å². The fraction of sp³-hybridized carbons (Fsp3) is 0.600. The Kier molecular flexibility index (Phi) is 5.01. The van der Waals surface area contributed by atoms with Gasteiger partial charge in [-0.2, -0.15) is 0 Å². The summed E-state index contributed by atoms with van der Waals surface area (Å²) in [4.78, 5) is 0. The highest BCUT2D eigenvalue weighted by atomic mass is 16.5. The lowest BCUT2D eigenvalue weighted by Crippen LogP contribution is -2.32. The van der Waals surface area contributed by atoms with Crippen LogP contribution in [0.3, 0.4) is 0 Å². The second-order valence-corrected chi connectivity index (χ2v) is 5.35. The second-order valence-electron chi connectivity index (χ2n) is 5.35. The second kappa shape index (κ2) is 6.06. The standard InChI is InChI=1S/C15H25NO/c1-10(2)15(16)12(5)13-6-8-14(9-7-13)17-11(3)4/h6-12,15H,16H2,1-5H3. The number of hydrogen-bond donors (Lipinski definition) is 1. The number of rotatable bonds is 5. The molecule has 0 aliphatic rings. The summed E-state index contributed by atoms with van der Waals surface area (Å²) in [7, 11) is 0. The van der Waals surface area contributed by atoms with E-state index in [0.717, 1.165) is 5.75 Å². The van der Waals surface area contributed by atoms with Gasteiger partial charge in [0, 0.05) is 6.04 Å². The Morgan fingerprint density at radius 2 is 1.47 bits per heavy atom. The quantitative estimate of drug-likeness (QED) is 0.847. The molecule has 17 heavy (non-hydrogen) atoms. The van der Waals surface area contributed by atoms with Crippen molar-refractivity contribution in [2.45, 2.75) is 52.7 Å². The Morgan fingerprint density at radius 3 is 1.88 bits per heavy atom. The summed E-state index contributed by atoms with van der Waals surface area (Å²) in [6.07, 6.45) is 0.219. The highest BCUT2D eigenvalue weighted by Gasteiger charge is 2.17. The SMILES string of the molecule is CC(C)Oc1ccc(C(C)C(N)C(C)C)cc1. The number of nitrogens with two attached hydrogens (primary N) is 1. The van der Waals surface area contributed by atoms with Crippen molar-refractivity contribution in [3.8, 4) is 5.75 Å². The lowest BCUT2D eigenvalue weighted by molar-refractivity contribution is 0.242. The van der Waals surface area contributed by atoms with Crippen molar-refractivity contribution < 1.29 is 4.74 Å². The van der Waals surface area contributed by atoms with Gasteiger partial charge < -0.3 is 10.5 Å². The van der Waals surface area contributed by atoms with E-state index in [0.29, 0.717) is 11.8 Å². The molecule has 96 valence electrons. The molecule has 0 heterocycles. The van der Waals surface area contributed by atoms with Crippen LogP contribution in [0.4, 0.5) is 0 Å². The third-order valence-corrected chi connectivity index (χ3v) is 3.12. The highest BCUT2D eigenvalue weighted by Crippen LogP contribution is 2.24. The molecule has 1 aromatic rings. The molecule has 0 aliphatic heterocycles. The molecule has 0 bridgehead atoms. The zero-order valence-corrected chi connectivity index (χ0v) is 11.6. The monoisotopic (exact) mass is 235 g/mol. The molecule has 2 nitrogen and oxygen atoms in total. The summed E-state index contributed by atoms with van der Waals surface area (Å²) in [6.45, 7) is 10.6. The molecule has 2 atom stereocenters. The van der Waals surface area contributed by atoms with Crippen molar-refractivity contribution in [1.82, 2.24) is 0 Å². The Balaban J connectivity index is 2.73. The zero-order valence-electron chi connectivity index (χ0n) is 11.6. The molecule has 0 saturated carbocycles. The van der Waals surface area contributed by atoms with Crippen LogP contribution in [0.25, 0.3) is 0 Å². The van der Waals surface area contributed by atoms with Gasteiger partial charge in [-0.1, -0.05) is 32.9 Å². The van der Waals surface area contributed by atoms with Crippen LogP contribution in [0.5, 0.6) is 5.75 Å². The molecule has 0 saturated heterocycles. The van der Waals surface area contributed by atoms with Gasteiger partial charge in [-0.05, 0) is 43.4 Å². The van der Waals surface area contributed by atoms with E-state index in [2.05, 4.69) is 32.9 Å². The van der Waals surface area contributed by atoms with Gasteiger partial charge >= 0.3 is 0 Å². The molecule has 0 fully saturated rings. The van der Waals surface area contributed by atoms with Gasteiger partial charge in [0.05, 0.1) is 6.10 Å². The van der Waals surface area contributed by atoms with E-state index in [4.69, 9.17) is 10.5 Å². The van der Waals surface area contributed by atoms with E-state index in [-0.39, 0.29) is 12.1 Å². The maximum absolute atomic E-state index is 6.18. The van der Waals surface area contributed by atoms with Gasteiger partial charge in [0.15, 0.2) is 0 Å². The summed E-state index contributed by atoms with van der Waals surface area (Å²) >= 11 is 0. The van der Waals surface area contributed by atoms with Gasteiger partial charge in [-0.3, -0.25) is 0 Å². The van der Waals surface area contributed by atoms with Crippen molar-refractivity contribution in [3.05, 3.63) is 29.8 Å². The van der Waals surface area contributed by atoms with Crippen molar-refractivity contribution in [2.75, 3.05) is 0 Å². The van der Waals surface area contributed by atoms with Gasteiger partial charge in [-0.15, -0.1) is 0 Å². The minimum absolute atomic E-state index is 0.201. The molecule has 0 amide bonds. The molecular formula is C15H25NO. The van der Waals surface area contributed by atoms with Crippen LogP contribution in [-0.2, 0) is 0 Å². The fourth-order valence-electron chi connectivity index (χ4n) is 1.92. The number of benzene rings is 1. The van der Waals surface area contributed by atoms with Crippen molar-refractivity contribution >= 4 is 0 Å². The van der Waals surface area contributed by atoms with Crippen molar-refractivity contribution in [1.29, 1.82) is 0 Å². The summed E-state index contributed by atoms with van der Waals surface area (Å²) in [5, 5.41) is 0. The zero-order chi connectivity index (χ0) is 13.0. The Bertz CT molecular complexity index is 329. The third-order valence-electron chi connectivity index (χ3n) is 3.12. The number of hydrogen-bond acceptors (Lipinski definition) is 2. The van der Waals surface area contributed by atoms with E-state index in [1.54, 1.807) is 0 Å². The smallest absolute Gasteiger partial charge is 0.119 e. The third kappa shape index (κ3) is 4.04. The van der Waals surface area contributed by atoms with Crippen LogP contribution >= 0.6 is 0 Å². The molecule has 0 spiro atoms. The summed E-state index contributed by atoms with van der Waals surface area (Å²) in [6, 6.07) is 8.49. The van der Waals surface area contributed by atoms with Gasteiger partial charge in [0.1, 0.15) is 5.75 Å². The van der Waals surface area contributed by atoms with E-state index >= 15 is 0 Å². The molecular weight excluding hydrogens is 210 g/mol. The topological polar surface area (TPSA) is 35.2 Å². The molecule has 1 rings (SSSR count). The summed E-state index contributed by atoms with van der Waals surface area (Å²) in [5.74, 6) is 1.80. The molecule has 1 aromatic carbocycles. The first kappa shape index (κ1) is 14.0. The van der Waals surface area contributed by atoms with Gasteiger partial charge in [-0.25, -0.2) is 0 Å².